The molecule has 0 bridgehead atoms. The zero-order valence-corrected chi connectivity index (χ0v) is 13.1. The second-order valence-corrected chi connectivity index (χ2v) is 5.71. The third kappa shape index (κ3) is 4.47. The first-order chi connectivity index (χ1) is 9.53. The van der Waals surface area contributed by atoms with Gasteiger partial charge in [0.15, 0.2) is 0 Å². The summed E-state index contributed by atoms with van der Waals surface area (Å²) in [5.41, 5.74) is 5.67. The topological polar surface area (TPSA) is 66.6 Å². The normalized spacial score (nSPS) is 22.4. The molecular weight excluding hydrogens is 254 g/mol. The van der Waals surface area contributed by atoms with Gasteiger partial charge < -0.3 is 15.5 Å². The first-order valence-electron chi connectivity index (χ1n) is 7.76. The predicted octanol–water partition coefficient (Wildman–Crippen LogP) is 1.08. The average molecular weight is 283 g/mol. The van der Waals surface area contributed by atoms with E-state index in [1.807, 2.05) is 13.8 Å². The minimum Gasteiger partial charge on any atom is -0.342 e. The second-order valence-electron chi connectivity index (χ2n) is 5.71. The van der Waals surface area contributed by atoms with Crippen LogP contribution in [0.4, 0.5) is 0 Å². The van der Waals surface area contributed by atoms with Crippen LogP contribution in [0.2, 0.25) is 0 Å². The fraction of sp³-hybridized carbons (Fsp3) is 0.867. The molecule has 1 aliphatic carbocycles. The molecule has 2 N–H and O–H groups in total. The Morgan fingerprint density at radius 3 is 2.10 bits per heavy atom. The molecule has 5 heteroatoms. The lowest BCUT2D eigenvalue weighted by molar-refractivity contribution is -0.142. The fourth-order valence-electron chi connectivity index (χ4n) is 2.91. The molecule has 0 radical (unpaired) electrons. The van der Waals surface area contributed by atoms with Crippen LogP contribution in [0.1, 0.15) is 39.5 Å². The Labute approximate surface area is 122 Å². The highest BCUT2D eigenvalue weighted by Gasteiger charge is 2.28. The van der Waals surface area contributed by atoms with Gasteiger partial charge in [-0.1, -0.05) is 0 Å². The summed E-state index contributed by atoms with van der Waals surface area (Å²) < 4.78 is 0. The van der Waals surface area contributed by atoms with Crippen molar-refractivity contribution in [1.82, 2.24) is 9.80 Å². The van der Waals surface area contributed by atoms with E-state index in [-0.39, 0.29) is 24.3 Å². The summed E-state index contributed by atoms with van der Waals surface area (Å²) >= 11 is 0. The van der Waals surface area contributed by atoms with Crippen LogP contribution < -0.4 is 5.73 Å². The van der Waals surface area contributed by atoms with Crippen molar-refractivity contribution in [2.45, 2.75) is 39.5 Å². The third-order valence-electron chi connectivity index (χ3n) is 4.39. The number of rotatable bonds is 6. The summed E-state index contributed by atoms with van der Waals surface area (Å²) in [7, 11) is 1.73. The number of hydrogen-bond acceptors (Lipinski definition) is 3. The van der Waals surface area contributed by atoms with Crippen LogP contribution in [0.25, 0.3) is 0 Å². The number of nitrogens with two attached hydrogens (primary N) is 1. The van der Waals surface area contributed by atoms with Crippen molar-refractivity contribution in [3.8, 4) is 0 Å². The molecular formula is C15H29N3O2. The van der Waals surface area contributed by atoms with Crippen molar-refractivity contribution < 1.29 is 9.59 Å². The Hall–Kier alpha value is -1.10. The number of likely N-dealkylation sites (N-methyl/N-ethyl adjacent to an activating group) is 2. The SMILES string of the molecule is CCN(CC)C(=O)CN(C)C(=O)C1CCC(CN)CC1. The Kier molecular flexibility index (Phi) is 6.99. The van der Waals surface area contributed by atoms with Gasteiger partial charge in [-0.25, -0.2) is 0 Å². The molecule has 1 rings (SSSR count). The highest BCUT2D eigenvalue weighted by atomic mass is 16.2. The standard InChI is InChI=1S/C15H29N3O2/c1-4-18(5-2)14(19)11-17(3)15(20)13-8-6-12(10-16)7-9-13/h12-13H,4-11,16H2,1-3H3. The van der Waals surface area contributed by atoms with Gasteiger partial charge in [-0.15, -0.1) is 0 Å². The minimum atomic E-state index is 0.0292. The highest BCUT2D eigenvalue weighted by molar-refractivity contribution is 5.85. The van der Waals surface area contributed by atoms with Gasteiger partial charge >= 0.3 is 0 Å². The van der Waals surface area contributed by atoms with Crippen LogP contribution >= 0.6 is 0 Å². The molecule has 2 amide bonds. The molecule has 0 aromatic carbocycles. The van der Waals surface area contributed by atoms with Crippen LogP contribution in [0.5, 0.6) is 0 Å². The van der Waals surface area contributed by atoms with E-state index in [9.17, 15) is 9.59 Å². The van der Waals surface area contributed by atoms with Crippen molar-refractivity contribution in [2.24, 2.45) is 17.6 Å². The van der Waals surface area contributed by atoms with Crippen LogP contribution in [0.3, 0.4) is 0 Å². The first kappa shape index (κ1) is 17.0. The minimum absolute atomic E-state index is 0.0292. The van der Waals surface area contributed by atoms with Crippen LogP contribution in [0.15, 0.2) is 0 Å². The lowest BCUT2D eigenvalue weighted by Gasteiger charge is -2.30. The molecule has 0 heterocycles. The van der Waals surface area contributed by atoms with Gasteiger partial charge in [0.1, 0.15) is 0 Å². The second kappa shape index (κ2) is 8.25. The van der Waals surface area contributed by atoms with E-state index in [4.69, 9.17) is 5.73 Å². The Bertz CT molecular complexity index is 321. The average Bonchev–Trinajstić information content (AvgIpc) is 2.47. The zero-order valence-electron chi connectivity index (χ0n) is 13.1. The van der Waals surface area contributed by atoms with E-state index in [0.29, 0.717) is 19.0 Å². The monoisotopic (exact) mass is 283 g/mol. The van der Waals surface area contributed by atoms with Gasteiger partial charge in [-0.05, 0) is 52.0 Å². The summed E-state index contributed by atoms with van der Waals surface area (Å²) in [4.78, 5) is 27.7. The molecule has 1 fully saturated rings. The van der Waals surface area contributed by atoms with Gasteiger partial charge in [0.2, 0.25) is 11.8 Å². The zero-order chi connectivity index (χ0) is 15.1. The van der Waals surface area contributed by atoms with Crippen LogP contribution in [-0.2, 0) is 9.59 Å². The number of nitrogens with zero attached hydrogens (tertiary/aromatic N) is 2. The number of carbonyl (C=O) groups is 2. The molecule has 1 aliphatic rings. The largest absolute Gasteiger partial charge is 0.342 e. The maximum Gasteiger partial charge on any atom is 0.242 e. The molecule has 116 valence electrons. The van der Waals surface area contributed by atoms with E-state index in [1.165, 1.54) is 0 Å². The van der Waals surface area contributed by atoms with Gasteiger partial charge in [-0.2, -0.15) is 0 Å². The summed E-state index contributed by atoms with van der Waals surface area (Å²) in [6.07, 6.45) is 3.88. The molecule has 0 aliphatic heterocycles. The number of carbonyl (C=O) groups excluding carboxylic acids is 2. The van der Waals surface area contributed by atoms with E-state index in [0.717, 1.165) is 32.2 Å². The molecule has 0 aromatic rings. The number of hydrogen-bond donors (Lipinski definition) is 1. The number of amides is 2. The molecule has 0 atom stereocenters. The van der Waals surface area contributed by atoms with E-state index < -0.39 is 0 Å². The highest BCUT2D eigenvalue weighted by Crippen LogP contribution is 2.29. The molecule has 0 unspecified atom stereocenters. The van der Waals surface area contributed by atoms with Crippen molar-refractivity contribution in [2.75, 3.05) is 33.2 Å². The quantitative estimate of drug-likeness (QED) is 0.793. The van der Waals surface area contributed by atoms with Gasteiger partial charge in [0.25, 0.3) is 0 Å². The Morgan fingerprint density at radius 2 is 1.65 bits per heavy atom. The molecule has 20 heavy (non-hydrogen) atoms. The summed E-state index contributed by atoms with van der Waals surface area (Å²) in [5, 5.41) is 0. The third-order valence-corrected chi connectivity index (χ3v) is 4.39. The van der Waals surface area contributed by atoms with Crippen molar-refractivity contribution in [1.29, 1.82) is 0 Å². The van der Waals surface area contributed by atoms with E-state index >= 15 is 0 Å². The molecule has 0 saturated heterocycles. The fourth-order valence-corrected chi connectivity index (χ4v) is 2.91. The van der Waals surface area contributed by atoms with Crippen molar-refractivity contribution >= 4 is 11.8 Å². The van der Waals surface area contributed by atoms with Gasteiger partial charge in [0, 0.05) is 26.1 Å². The summed E-state index contributed by atoms with van der Waals surface area (Å²) in [5.74, 6) is 0.788. The van der Waals surface area contributed by atoms with Crippen LogP contribution in [-0.4, -0.2) is 54.8 Å². The molecule has 0 spiro atoms. The Balaban J connectivity index is 2.45. The van der Waals surface area contributed by atoms with Crippen molar-refractivity contribution in [3.05, 3.63) is 0 Å². The van der Waals surface area contributed by atoms with Crippen LogP contribution in [0, 0.1) is 11.8 Å². The maximum atomic E-state index is 12.4. The Morgan fingerprint density at radius 1 is 1.10 bits per heavy atom. The molecule has 5 nitrogen and oxygen atoms in total. The summed E-state index contributed by atoms with van der Waals surface area (Å²) in [6, 6.07) is 0. The van der Waals surface area contributed by atoms with Crippen molar-refractivity contribution in [3.63, 3.8) is 0 Å². The molecule has 0 aromatic heterocycles. The van der Waals surface area contributed by atoms with E-state index in [1.54, 1.807) is 16.8 Å². The first-order valence-corrected chi connectivity index (χ1v) is 7.76. The smallest absolute Gasteiger partial charge is 0.242 e. The summed E-state index contributed by atoms with van der Waals surface area (Å²) in [6.45, 7) is 6.21. The molecule has 1 saturated carbocycles. The van der Waals surface area contributed by atoms with E-state index in [2.05, 4.69) is 0 Å². The lowest BCUT2D eigenvalue weighted by Crippen LogP contribution is -2.43. The van der Waals surface area contributed by atoms with Gasteiger partial charge in [0.05, 0.1) is 6.54 Å². The van der Waals surface area contributed by atoms with Gasteiger partial charge in [-0.3, -0.25) is 9.59 Å². The maximum absolute atomic E-state index is 12.4. The lowest BCUT2D eigenvalue weighted by atomic mass is 9.81. The predicted molar refractivity (Wildman–Crippen MR) is 80.1 cm³/mol.